The number of morpholine rings is 1. The van der Waals surface area contributed by atoms with Crippen molar-refractivity contribution in [3.63, 3.8) is 0 Å². The zero-order valence-corrected chi connectivity index (χ0v) is 10.6. The fourth-order valence-electron chi connectivity index (χ4n) is 1.90. The molecule has 0 saturated carbocycles. The molecule has 1 unspecified atom stereocenters. The van der Waals surface area contributed by atoms with Gasteiger partial charge in [-0.05, 0) is 18.4 Å². The van der Waals surface area contributed by atoms with Crippen LogP contribution in [0.15, 0.2) is 17.5 Å². The van der Waals surface area contributed by atoms with Crippen molar-refractivity contribution in [3.05, 3.63) is 22.4 Å². The third-order valence-electron chi connectivity index (χ3n) is 2.95. The number of rotatable bonds is 5. The summed E-state index contributed by atoms with van der Waals surface area (Å²) in [5.74, 6) is 0. The summed E-state index contributed by atoms with van der Waals surface area (Å²) in [5.41, 5.74) is 0. The number of ether oxygens (including phenoxy) is 1. The summed E-state index contributed by atoms with van der Waals surface area (Å²) in [6.45, 7) is 8.34. The lowest BCUT2D eigenvalue weighted by atomic mass is 10.3. The van der Waals surface area contributed by atoms with Gasteiger partial charge in [0.05, 0.1) is 13.2 Å². The molecule has 0 spiro atoms. The Morgan fingerprint density at radius 3 is 3.00 bits per heavy atom. The van der Waals surface area contributed by atoms with Gasteiger partial charge in [0.1, 0.15) is 0 Å². The molecule has 1 aromatic heterocycles. The first kappa shape index (κ1) is 12.0. The van der Waals surface area contributed by atoms with Crippen molar-refractivity contribution < 1.29 is 4.74 Å². The number of nitrogens with zero attached hydrogens (tertiary/aromatic N) is 1. The Kier molecular flexibility index (Phi) is 4.78. The molecule has 4 heteroatoms. The van der Waals surface area contributed by atoms with E-state index in [0.717, 1.165) is 39.4 Å². The molecule has 1 aliphatic rings. The summed E-state index contributed by atoms with van der Waals surface area (Å²) in [7, 11) is 0. The van der Waals surface area contributed by atoms with Crippen molar-refractivity contribution in [2.45, 2.75) is 13.0 Å². The molecule has 0 aromatic carbocycles. The van der Waals surface area contributed by atoms with E-state index in [0.29, 0.717) is 6.04 Å². The van der Waals surface area contributed by atoms with Gasteiger partial charge in [0.2, 0.25) is 0 Å². The van der Waals surface area contributed by atoms with Gasteiger partial charge in [-0.3, -0.25) is 4.90 Å². The highest BCUT2D eigenvalue weighted by Crippen LogP contribution is 2.17. The maximum absolute atomic E-state index is 5.33. The minimum Gasteiger partial charge on any atom is -0.379 e. The Labute approximate surface area is 101 Å². The number of hydrogen-bond acceptors (Lipinski definition) is 4. The molecule has 1 saturated heterocycles. The van der Waals surface area contributed by atoms with Gasteiger partial charge in [0.25, 0.3) is 0 Å². The summed E-state index contributed by atoms with van der Waals surface area (Å²) < 4.78 is 5.33. The summed E-state index contributed by atoms with van der Waals surface area (Å²) in [5, 5.41) is 5.69. The van der Waals surface area contributed by atoms with E-state index >= 15 is 0 Å². The zero-order valence-electron chi connectivity index (χ0n) is 9.82. The van der Waals surface area contributed by atoms with Crippen LogP contribution in [0.4, 0.5) is 0 Å². The van der Waals surface area contributed by atoms with Crippen molar-refractivity contribution in [1.29, 1.82) is 0 Å². The van der Waals surface area contributed by atoms with E-state index in [-0.39, 0.29) is 0 Å². The van der Waals surface area contributed by atoms with Crippen LogP contribution in [0.1, 0.15) is 17.8 Å². The molecule has 90 valence electrons. The van der Waals surface area contributed by atoms with Gasteiger partial charge in [-0.1, -0.05) is 6.07 Å². The highest BCUT2D eigenvalue weighted by molar-refractivity contribution is 7.10. The highest BCUT2D eigenvalue weighted by Gasteiger charge is 2.10. The molecule has 1 aromatic rings. The Morgan fingerprint density at radius 2 is 2.31 bits per heavy atom. The van der Waals surface area contributed by atoms with E-state index in [9.17, 15) is 0 Å². The number of thiophene rings is 1. The zero-order chi connectivity index (χ0) is 11.2. The molecule has 2 rings (SSSR count). The van der Waals surface area contributed by atoms with Crippen LogP contribution in [0.25, 0.3) is 0 Å². The van der Waals surface area contributed by atoms with Gasteiger partial charge >= 0.3 is 0 Å². The van der Waals surface area contributed by atoms with Crippen LogP contribution in [0.2, 0.25) is 0 Å². The van der Waals surface area contributed by atoms with E-state index < -0.39 is 0 Å². The fraction of sp³-hybridized carbons (Fsp3) is 0.667. The largest absolute Gasteiger partial charge is 0.379 e. The Bertz CT molecular complexity index is 283. The topological polar surface area (TPSA) is 24.5 Å². The number of nitrogens with one attached hydrogen (secondary N) is 1. The predicted molar refractivity (Wildman–Crippen MR) is 68.0 cm³/mol. The van der Waals surface area contributed by atoms with Gasteiger partial charge < -0.3 is 10.1 Å². The smallest absolute Gasteiger partial charge is 0.0594 e. The van der Waals surface area contributed by atoms with Gasteiger partial charge in [0, 0.05) is 37.1 Å². The molecule has 16 heavy (non-hydrogen) atoms. The Morgan fingerprint density at radius 1 is 1.50 bits per heavy atom. The number of hydrogen-bond donors (Lipinski definition) is 1. The molecular formula is C12H20N2OS. The van der Waals surface area contributed by atoms with Gasteiger partial charge in [0.15, 0.2) is 0 Å². The molecule has 0 bridgehead atoms. The second-order valence-corrected chi connectivity index (χ2v) is 5.12. The summed E-state index contributed by atoms with van der Waals surface area (Å²) in [4.78, 5) is 3.87. The quantitative estimate of drug-likeness (QED) is 0.848. The van der Waals surface area contributed by atoms with E-state index in [4.69, 9.17) is 4.74 Å². The third kappa shape index (κ3) is 3.56. The molecule has 0 aliphatic carbocycles. The molecule has 1 aliphatic heterocycles. The SMILES string of the molecule is CC(NCCN1CCOCC1)c1cccs1. The molecule has 0 radical (unpaired) electrons. The van der Waals surface area contributed by atoms with Gasteiger partial charge in [-0.25, -0.2) is 0 Å². The minimum absolute atomic E-state index is 0.473. The average Bonchev–Trinajstić information content (AvgIpc) is 2.84. The van der Waals surface area contributed by atoms with E-state index in [1.807, 2.05) is 11.3 Å². The van der Waals surface area contributed by atoms with Crippen molar-refractivity contribution in [3.8, 4) is 0 Å². The molecule has 0 amide bonds. The first-order chi connectivity index (χ1) is 7.86. The molecule has 3 nitrogen and oxygen atoms in total. The maximum Gasteiger partial charge on any atom is 0.0594 e. The van der Waals surface area contributed by atoms with Crippen LogP contribution in [-0.4, -0.2) is 44.3 Å². The Hall–Kier alpha value is -0.420. The lowest BCUT2D eigenvalue weighted by molar-refractivity contribution is 0.0382. The minimum atomic E-state index is 0.473. The van der Waals surface area contributed by atoms with Crippen molar-refractivity contribution in [2.75, 3.05) is 39.4 Å². The van der Waals surface area contributed by atoms with Crippen LogP contribution < -0.4 is 5.32 Å². The second-order valence-electron chi connectivity index (χ2n) is 4.15. The van der Waals surface area contributed by atoms with Crippen molar-refractivity contribution in [1.82, 2.24) is 10.2 Å². The molecule has 2 heterocycles. The first-order valence-corrected chi connectivity index (χ1v) is 6.81. The van der Waals surface area contributed by atoms with E-state index in [1.54, 1.807) is 0 Å². The standard InChI is InChI=1S/C12H20N2OS/c1-11(12-3-2-10-16-12)13-4-5-14-6-8-15-9-7-14/h2-3,10-11,13H,4-9H2,1H3. The van der Waals surface area contributed by atoms with Crippen LogP contribution in [-0.2, 0) is 4.74 Å². The second kappa shape index (κ2) is 6.35. The van der Waals surface area contributed by atoms with Crippen LogP contribution in [0.5, 0.6) is 0 Å². The summed E-state index contributed by atoms with van der Waals surface area (Å²) >= 11 is 1.82. The normalized spacial score (nSPS) is 19.8. The molecule has 1 fully saturated rings. The highest BCUT2D eigenvalue weighted by atomic mass is 32.1. The maximum atomic E-state index is 5.33. The lowest BCUT2D eigenvalue weighted by Gasteiger charge is -2.27. The van der Waals surface area contributed by atoms with Crippen molar-refractivity contribution in [2.24, 2.45) is 0 Å². The molecular weight excluding hydrogens is 220 g/mol. The van der Waals surface area contributed by atoms with Crippen molar-refractivity contribution >= 4 is 11.3 Å². The van der Waals surface area contributed by atoms with E-state index in [2.05, 4.69) is 34.7 Å². The average molecular weight is 240 g/mol. The van der Waals surface area contributed by atoms with Gasteiger partial charge in [-0.15, -0.1) is 11.3 Å². The van der Waals surface area contributed by atoms with Crippen LogP contribution in [0, 0.1) is 0 Å². The molecule has 1 atom stereocenters. The lowest BCUT2D eigenvalue weighted by Crippen LogP contribution is -2.40. The van der Waals surface area contributed by atoms with Crippen LogP contribution in [0.3, 0.4) is 0 Å². The summed E-state index contributed by atoms with van der Waals surface area (Å²) in [6.07, 6.45) is 0. The Balaban J connectivity index is 1.63. The van der Waals surface area contributed by atoms with E-state index in [1.165, 1.54) is 4.88 Å². The van der Waals surface area contributed by atoms with Crippen LogP contribution >= 0.6 is 11.3 Å². The first-order valence-electron chi connectivity index (χ1n) is 5.93. The monoisotopic (exact) mass is 240 g/mol. The summed E-state index contributed by atoms with van der Waals surface area (Å²) in [6, 6.07) is 4.78. The predicted octanol–water partition coefficient (Wildman–Crippen LogP) is 1.73. The van der Waals surface area contributed by atoms with Gasteiger partial charge in [-0.2, -0.15) is 0 Å². The fourth-order valence-corrected chi connectivity index (χ4v) is 2.66. The molecule has 1 N–H and O–H groups in total. The third-order valence-corrected chi connectivity index (χ3v) is 4.01.